The summed E-state index contributed by atoms with van der Waals surface area (Å²) in [7, 11) is 0. The van der Waals surface area contributed by atoms with Crippen LogP contribution in [0.2, 0.25) is 0 Å². The van der Waals surface area contributed by atoms with E-state index < -0.39 is 0 Å². The van der Waals surface area contributed by atoms with Crippen molar-refractivity contribution in [2.75, 3.05) is 6.61 Å². The van der Waals surface area contributed by atoms with Crippen molar-refractivity contribution in [1.29, 1.82) is 0 Å². The van der Waals surface area contributed by atoms with Crippen LogP contribution < -0.4 is 10.2 Å². The molecule has 26 heavy (non-hydrogen) atoms. The summed E-state index contributed by atoms with van der Waals surface area (Å²) in [5.41, 5.74) is 4.37. The van der Waals surface area contributed by atoms with Crippen molar-refractivity contribution in [3.63, 3.8) is 0 Å². The molecule has 0 aliphatic heterocycles. The van der Waals surface area contributed by atoms with Gasteiger partial charge >= 0.3 is 0 Å². The number of carbonyl (C=O) groups excluding carboxylic acids is 1. The molecule has 2 aromatic carbocycles. The number of carbonyl (C=O) groups is 1. The lowest BCUT2D eigenvalue weighted by atomic mass is 10.0. The third kappa shape index (κ3) is 4.46. The molecule has 1 heterocycles. The first-order valence-corrected chi connectivity index (χ1v) is 9.43. The minimum atomic E-state index is -0.188. The second kappa shape index (κ2) is 8.58. The van der Waals surface area contributed by atoms with Gasteiger partial charge in [0.2, 0.25) is 5.91 Å². The zero-order valence-electron chi connectivity index (χ0n) is 14.9. The minimum absolute atomic E-state index is 0.188. The number of nitrogens with zero attached hydrogens (tertiary/aromatic N) is 2. The number of aromatic nitrogens is 1. The molecule has 0 atom stereocenters. The van der Waals surface area contributed by atoms with E-state index in [1.807, 2.05) is 48.7 Å². The fraction of sp³-hybridized carbons (Fsp3) is 0.250. The molecule has 0 saturated heterocycles. The van der Waals surface area contributed by atoms with E-state index in [-0.39, 0.29) is 12.3 Å². The number of hydrogen-bond donors (Lipinski definition) is 1. The van der Waals surface area contributed by atoms with Crippen LogP contribution in [0.15, 0.2) is 46.9 Å². The highest BCUT2D eigenvalue weighted by Crippen LogP contribution is 2.26. The lowest BCUT2D eigenvalue weighted by molar-refractivity contribution is -0.120. The van der Waals surface area contributed by atoms with E-state index in [2.05, 4.69) is 22.4 Å². The Morgan fingerprint density at radius 1 is 1.31 bits per heavy atom. The van der Waals surface area contributed by atoms with E-state index in [0.29, 0.717) is 6.61 Å². The van der Waals surface area contributed by atoms with Gasteiger partial charge < -0.3 is 4.74 Å². The van der Waals surface area contributed by atoms with Crippen LogP contribution in [0, 0.1) is 6.92 Å². The van der Waals surface area contributed by atoms with Crippen LogP contribution in [0.3, 0.4) is 0 Å². The smallest absolute Gasteiger partial charge is 0.246 e. The van der Waals surface area contributed by atoms with E-state index in [9.17, 15) is 4.79 Å². The van der Waals surface area contributed by atoms with Crippen LogP contribution in [0.5, 0.6) is 5.75 Å². The van der Waals surface area contributed by atoms with Gasteiger partial charge in [0.05, 0.1) is 19.2 Å². The van der Waals surface area contributed by atoms with E-state index in [1.165, 1.54) is 11.3 Å². The largest absolute Gasteiger partial charge is 0.493 e. The Kier molecular flexibility index (Phi) is 5.96. The molecule has 1 N–H and O–H groups in total. The van der Waals surface area contributed by atoms with Gasteiger partial charge in [0.25, 0.3) is 0 Å². The third-order valence-corrected chi connectivity index (χ3v) is 4.72. The molecule has 0 fully saturated rings. The zero-order valence-corrected chi connectivity index (χ0v) is 15.7. The first-order valence-electron chi connectivity index (χ1n) is 8.55. The number of hydrazone groups is 1. The predicted octanol–water partition coefficient (Wildman–Crippen LogP) is 4.09. The molecular formula is C20H21N3O2S. The fourth-order valence-electron chi connectivity index (χ4n) is 2.58. The SMILES string of the molecule is CCCOc1ccc2ccccc2c1/C=N\NC(=O)Cc1nc(C)cs1. The van der Waals surface area contributed by atoms with Crippen molar-refractivity contribution in [3.05, 3.63) is 58.0 Å². The third-order valence-electron chi connectivity index (χ3n) is 3.75. The maximum Gasteiger partial charge on any atom is 0.246 e. The molecule has 0 bridgehead atoms. The number of fused-ring (bicyclic) bond motifs is 1. The highest BCUT2D eigenvalue weighted by atomic mass is 32.1. The number of thiazole rings is 1. The molecule has 0 saturated carbocycles. The Balaban J connectivity index is 1.77. The van der Waals surface area contributed by atoms with Gasteiger partial charge in [-0.2, -0.15) is 5.10 Å². The quantitative estimate of drug-likeness (QED) is 0.505. The first-order chi connectivity index (χ1) is 12.7. The van der Waals surface area contributed by atoms with Gasteiger partial charge in [0, 0.05) is 16.6 Å². The molecule has 5 nitrogen and oxygen atoms in total. The van der Waals surface area contributed by atoms with Crippen LogP contribution in [0.1, 0.15) is 29.6 Å². The molecule has 0 aliphatic carbocycles. The van der Waals surface area contributed by atoms with Crippen molar-refractivity contribution in [3.8, 4) is 5.75 Å². The average molecular weight is 367 g/mol. The molecule has 1 aromatic heterocycles. The van der Waals surface area contributed by atoms with E-state index in [4.69, 9.17) is 4.74 Å². The molecule has 0 radical (unpaired) electrons. The summed E-state index contributed by atoms with van der Waals surface area (Å²) in [6, 6.07) is 12.0. The molecule has 3 aromatic rings. The number of hydrogen-bond acceptors (Lipinski definition) is 5. The molecule has 0 aliphatic rings. The van der Waals surface area contributed by atoms with Crippen molar-refractivity contribution in [1.82, 2.24) is 10.4 Å². The van der Waals surface area contributed by atoms with Gasteiger partial charge in [0.1, 0.15) is 10.8 Å². The number of ether oxygens (including phenoxy) is 1. The topological polar surface area (TPSA) is 63.6 Å². The maximum atomic E-state index is 12.0. The lowest BCUT2D eigenvalue weighted by Gasteiger charge is -2.11. The van der Waals surface area contributed by atoms with Crippen LogP contribution in [-0.4, -0.2) is 23.7 Å². The minimum Gasteiger partial charge on any atom is -0.493 e. The fourth-order valence-corrected chi connectivity index (χ4v) is 3.35. The second-order valence-electron chi connectivity index (χ2n) is 5.90. The van der Waals surface area contributed by atoms with Gasteiger partial charge in [-0.05, 0) is 30.2 Å². The first kappa shape index (κ1) is 18.1. The second-order valence-corrected chi connectivity index (χ2v) is 6.84. The molecular weight excluding hydrogens is 346 g/mol. The summed E-state index contributed by atoms with van der Waals surface area (Å²) < 4.78 is 5.84. The van der Waals surface area contributed by atoms with Crippen molar-refractivity contribution in [2.45, 2.75) is 26.7 Å². The van der Waals surface area contributed by atoms with Gasteiger partial charge in [-0.3, -0.25) is 4.79 Å². The lowest BCUT2D eigenvalue weighted by Crippen LogP contribution is -2.19. The van der Waals surface area contributed by atoms with E-state index in [0.717, 1.165) is 39.2 Å². The number of aryl methyl sites for hydroxylation is 1. The summed E-state index contributed by atoms with van der Waals surface area (Å²) in [6.07, 6.45) is 2.80. The monoisotopic (exact) mass is 367 g/mol. The average Bonchev–Trinajstić information content (AvgIpc) is 3.05. The van der Waals surface area contributed by atoms with Gasteiger partial charge in [0.15, 0.2) is 0 Å². The van der Waals surface area contributed by atoms with E-state index >= 15 is 0 Å². The molecule has 1 amide bonds. The number of benzene rings is 2. The Morgan fingerprint density at radius 2 is 2.15 bits per heavy atom. The highest BCUT2D eigenvalue weighted by Gasteiger charge is 2.08. The summed E-state index contributed by atoms with van der Waals surface area (Å²) in [5, 5.41) is 8.99. The van der Waals surface area contributed by atoms with Crippen LogP contribution in [-0.2, 0) is 11.2 Å². The number of rotatable bonds is 7. The molecule has 6 heteroatoms. The van der Waals surface area contributed by atoms with Crippen molar-refractivity contribution < 1.29 is 9.53 Å². The predicted molar refractivity (Wildman–Crippen MR) is 106 cm³/mol. The Labute approximate surface area is 156 Å². The summed E-state index contributed by atoms with van der Waals surface area (Å²) in [5.74, 6) is 0.575. The molecule has 3 rings (SSSR count). The summed E-state index contributed by atoms with van der Waals surface area (Å²) in [4.78, 5) is 16.3. The Bertz CT molecular complexity index is 934. The zero-order chi connectivity index (χ0) is 18.4. The normalized spacial score (nSPS) is 11.2. The van der Waals surface area contributed by atoms with Crippen LogP contribution in [0.25, 0.3) is 10.8 Å². The number of nitrogens with one attached hydrogen (secondary N) is 1. The van der Waals surface area contributed by atoms with E-state index in [1.54, 1.807) is 6.21 Å². The molecule has 0 spiro atoms. The van der Waals surface area contributed by atoms with Crippen molar-refractivity contribution >= 4 is 34.2 Å². The van der Waals surface area contributed by atoms with Crippen LogP contribution in [0.4, 0.5) is 0 Å². The van der Waals surface area contributed by atoms with Gasteiger partial charge in [-0.25, -0.2) is 10.4 Å². The highest BCUT2D eigenvalue weighted by molar-refractivity contribution is 7.09. The summed E-state index contributed by atoms with van der Waals surface area (Å²) in [6.45, 7) is 4.61. The van der Waals surface area contributed by atoms with Crippen LogP contribution >= 0.6 is 11.3 Å². The Hall–Kier alpha value is -2.73. The number of amides is 1. The molecule has 134 valence electrons. The van der Waals surface area contributed by atoms with Gasteiger partial charge in [-0.1, -0.05) is 37.3 Å². The van der Waals surface area contributed by atoms with Crippen molar-refractivity contribution in [2.24, 2.45) is 5.10 Å². The Morgan fingerprint density at radius 3 is 2.92 bits per heavy atom. The maximum absolute atomic E-state index is 12.0. The van der Waals surface area contributed by atoms with Gasteiger partial charge in [-0.15, -0.1) is 11.3 Å². The standard InChI is InChI=1S/C20H21N3O2S/c1-3-10-25-18-9-8-15-6-4-5-7-16(15)17(18)12-21-23-19(24)11-20-22-14(2)13-26-20/h4-9,12-13H,3,10-11H2,1-2H3,(H,23,24)/b21-12-. The summed E-state index contributed by atoms with van der Waals surface area (Å²) >= 11 is 1.48. The molecule has 0 unspecified atom stereocenters.